The lowest BCUT2D eigenvalue weighted by Crippen LogP contribution is -2.15. The molecule has 0 unspecified atom stereocenters. The van der Waals surface area contributed by atoms with Crippen LogP contribution in [-0.4, -0.2) is 26.2 Å². The summed E-state index contributed by atoms with van der Waals surface area (Å²) in [6.07, 6.45) is -4.52. The van der Waals surface area contributed by atoms with E-state index in [1.54, 1.807) is 0 Å². The van der Waals surface area contributed by atoms with E-state index >= 15 is 0 Å². The minimum absolute atomic E-state index is 0.0604. The summed E-state index contributed by atoms with van der Waals surface area (Å²) in [6.45, 7) is -0.362. The third-order valence-electron chi connectivity index (χ3n) is 3.92. The van der Waals surface area contributed by atoms with E-state index in [4.69, 9.17) is 9.84 Å². The zero-order valence-corrected chi connectivity index (χ0v) is 14.5. The number of H-pyrrole nitrogens is 1. The van der Waals surface area contributed by atoms with Gasteiger partial charge in [0.15, 0.2) is 5.69 Å². The molecule has 29 heavy (non-hydrogen) atoms. The molecule has 0 spiro atoms. The summed E-state index contributed by atoms with van der Waals surface area (Å²) in [5, 5.41) is 18.5. The fourth-order valence-corrected chi connectivity index (χ4v) is 2.57. The molecule has 7 nitrogen and oxygen atoms in total. The van der Waals surface area contributed by atoms with Crippen molar-refractivity contribution in [3.63, 3.8) is 0 Å². The molecular formula is C19H13F3N2O5. The van der Waals surface area contributed by atoms with Gasteiger partial charge in [-0.25, -0.2) is 9.78 Å². The normalized spacial score (nSPS) is 11.3. The van der Waals surface area contributed by atoms with Crippen LogP contribution in [0.3, 0.4) is 0 Å². The number of carbonyl (C=O) groups is 1. The van der Waals surface area contributed by atoms with Gasteiger partial charge >= 0.3 is 12.1 Å². The molecule has 0 aliphatic heterocycles. The molecule has 150 valence electrons. The van der Waals surface area contributed by atoms with Crippen molar-refractivity contribution in [3.8, 4) is 22.9 Å². The second-order valence-corrected chi connectivity index (χ2v) is 5.89. The number of aromatic nitrogens is 2. The molecule has 0 amide bonds. The largest absolute Gasteiger partial charge is 0.501 e. The second kappa shape index (κ2) is 7.66. The number of benzene rings is 2. The van der Waals surface area contributed by atoms with Crippen LogP contribution in [0.2, 0.25) is 0 Å². The van der Waals surface area contributed by atoms with Gasteiger partial charge in [0.25, 0.3) is 5.56 Å². The Kier molecular flexibility index (Phi) is 5.26. The van der Waals surface area contributed by atoms with Crippen molar-refractivity contribution in [1.82, 2.24) is 9.97 Å². The van der Waals surface area contributed by atoms with Gasteiger partial charge in [-0.15, -0.1) is 0 Å². The molecule has 3 aromatic rings. The van der Waals surface area contributed by atoms with Crippen LogP contribution in [0.5, 0.6) is 11.5 Å². The summed E-state index contributed by atoms with van der Waals surface area (Å²) < 4.78 is 44.6. The van der Waals surface area contributed by atoms with Gasteiger partial charge in [0, 0.05) is 11.1 Å². The Hall–Kier alpha value is -3.82. The van der Waals surface area contributed by atoms with Crippen molar-refractivity contribution >= 4 is 5.97 Å². The third-order valence-corrected chi connectivity index (χ3v) is 3.92. The lowest BCUT2D eigenvalue weighted by Gasteiger charge is -2.14. The monoisotopic (exact) mass is 406 g/mol. The van der Waals surface area contributed by atoms with Crippen molar-refractivity contribution in [1.29, 1.82) is 0 Å². The number of rotatable bonds is 5. The average Bonchev–Trinajstić information content (AvgIpc) is 2.68. The van der Waals surface area contributed by atoms with Gasteiger partial charge in [0.1, 0.15) is 18.2 Å². The number of halogens is 3. The van der Waals surface area contributed by atoms with Crippen molar-refractivity contribution in [2.45, 2.75) is 12.8 Å². The Morgan fingerprint density at radius 1 is 1.14 bits per heavy atom. The molecule has 3 rings (SSSR count). The van der Waals surface area contributed by atoms with Crippen molar-refractivity contribution in [2.24, 2.45) is 0 Å². The Bertz CT molecular complexity index is 1130. The molecule has 0 aliphatic carbocycles. The third kappa shape index (κ3) is 4.37. The lowest BCUT2D eigenvalue weighted by atomic mass is 10.1. The van der Waals surface area contributed by atoms with E-state index in [2.05, 4.69) is 9.97 Å². The summed E-state index contributed by atoms with van der Waals surface area (Å²) in [6, 6.07) is 10.8. The number of hydrogen-bond donors (Lipinski definition) is 3. The number of nitrogens with one attached hydrogen (secondary N) is 1. The topological polar surface area (TPSA) is 113 Å². The van der Waals surface area contributed by atoms with E-state index < -0.39 is 34.7 Å². The summed E-state index contributed by atoms with van der Waals surface area (Å²) in [4.78, 5) is 28.8. The lowest BCUT2D eigenvalue weighted by molar-refractivity contribution is -0.138. The van der Waals surface area contributed by atoms with Gasteiger partial charge in [-0.3, -0.25) is 4.79 Å². The molecular weight excluding hydrogens is 393 g/mol. The Morgan fingerprint density at radius 2 is 1.86 bits per heavy atom. The van der Waals surface area contributed by atoms with Crippen LogP contribution in [0.25, 0.3) is 11.4 Å². The minimum atomic E-state index is -4.52. The minimum Gasteiger partial charge on any atom is -0.501 e. The van der Waals surface area contributed by atoms with Crippen molar-refractivity contribution in [2.75, 3.05) is 0 Å². The van der Waals surface area contributed by atoms with E-state index in [-0.39, 0.29) is 29.3 Å². The number of aromatic carboxylic acids is 1. The number of hydrogen-bond acceptors (Lipinski definition) is 5. The molecule has 0 atom stereocenters. The number of ether oxygens (including phenoxy) is 1. The molecule has 0 aliphatic rings. The zero-order valence-electron chi connectivity index (χ0n) is 14.5. The quantitative estimate of drug-likeness (QED) is 0.598. The van der Waals surface area contributed by atoms with Crippen LogP contribution in [0.1, 0.15) is 21.6 Å². The molecule has 2 aromatic carbocycles. The van der Waals surface area contributed by atoms with Crippen molar-refractivity contribution in [3.05, 3.63) is 75.7 Å². The first kappa shape index (κ1) is 19.9. The number of nitrogens with zero attached hydrogens (tertiary/aromatic N) is 1. The van der Waals surface area contributed by atoms with Crippen LogP contribution in [0, 0.1) is 0 Å². The molecule has 0 bridgehead atoms. The molecule has 1 heterocycles. The average molecular weight is 406 g/mol. The standard InChI is InChI=1S/C19H13F3N2O5/c20-19(21,22)13-7-2-1-4-11(13)9-29-12-6-3-5-10(8-12)16-23-14(18(27)28)15(25)17(26)24-16/h1-8,25H,9H2,(H,27,28)(H,23,24,26). The number of aromatic amines is 1. The smallest absolute Gasteiger partial charge is 0.416 e. The maximum atomic E-state index is 13.1. The number of aromatic hydroxyl groups is 1. The highest BCUT2D eigenvalue weighted by Crippen LogP contribution is 2.32. The Balaban J connectivity index is 1.89. The first-order valence-electron chi connectivity index (χ1n) is 8.11. The molecule has 0 saturated heterocycles. The zero-order chi connectivity index (χ0) is 21.2. The fourth-order valence-electron chi connectivity index (χ4n) is 2.57. The van der Waals surface area contributed by atoms with Crippen LogP contribution in [-0.2, 0) is 12.8 Å². The highest BCUT2D eigenvalue weighted by atomic mass is 19.4. The van der Waals surface area contributed by atoms with Gasteiger partial charge in [0.05, 0.1) is 5.56 Å². The first-order valence-corrected chi connectivity index (χ1v) is 8.11. The SMILES string of the molecule is O=C(O)c1nc(-c2cccc(OCc3ccccc3C(F)(F)F)c2)[nH]c(=O)c1O. The highest BCUT2D eigenvalue weighted by molar-refractivity contribution is 5.88. The van der Waals surface area contributed by atoms with E-state index in [0.29, 0.717) is 0 Å². The predicted octanol–water partition coefficient (Wildman–Crippen LogP) is 3.44. The van der Waals surface area contributed by atoms with Gasteiger partial charge in [0.2, 0.25) is 5.75 Å². The molecule has 10 heteroatoms. The highest BCUT2D eigenvalue weighted by Gasteiger charge is 2.33. The molecule has 1 aromatic heterocycles. The molecule has 0 fully saturated rings. The second-order valence-electron chi connectivity index (χ2n) is 5.89. The fraction of sp³-hybridized carbons (Fsp3) is 0.105. The van der Waals surface area contributed by atoms with E-state index in [0.717, 1.165) is 6.07 Å². The molecule has 3 N–H and O–H groups in total. The van der Waals surface area contributed by atoms with Gasteiger partial charge < -0.3 is 19.9 Å². The number of alkyl halides is 3. The van der Waals surface area contributed by atoms with Crippen molar-refractivity contribution < 1.29 is 32.9 Å². The van der Waals surface area contributed by atoms with Gasteiger partial charge in [-0.2, -0.15) is 13.2 Å². The van der Waals surface area contributed by atoms with E-state index in [1.165, 1.54) is 42.5 Å². The summed E-state index contributed by atoms with van der Waals surface area (Å²) >= 11 is 0. The summed E-state index contributed by atoms with van der Waals surface area (Å²) in [5.41, 5.74) is -2.50. The van der Waals surface area contributed by atoms with E-state index in [9.17, 15) is 27.9 Å². The van der Waals surface area contributed by atoms with Crippen LogP contribution in [0.15, 0.2) is 53.3 Å². The van der Waals surface area contributed by atoms with Gasteiger partial charge in [-0.1, -0.05) is 30.3 Å². The maximum absolute atomic E-state index is 13.1. The summed E-state index contributed by atoms with van der Waals surface area (Å²) in [7, 11) is 0. The van der Waals surface area contributed by atoms with E-state index in [1.807, 2.05) is 0 Å². The maximum Gasteiger partial charge on any atom is 0.416 e. The summed E-state index contributed by atoms with van der Waals surface area (Å²) in [5.74, 6) is -2.60. The first-order chi connectivity index (χ1) is 13.7. The molecule has 0 radical (unpaired) electrons. The molecule has 0 saturated carbocycles. The number of carboxylic acid groups (broad SMARTS) is 1. The van der Waals surface area contributed by atoms with Crippen LogP contribution >= 0.6 is 0 Å². The Morgan fingerprint density at radius 3 is 2.55 bits per heavy atom. The van der Waals surface area contributed by atoms with Crippen LogP contribution in [0.4, 0.5) is 13.2 Å². The van der Waals surface area contributed by atoms with Crippen LogP contribution < -0.4 is 10.3 Å². The Labute approximate surface area is 161 Å². The number of carboxylic acids is 1. The predicted molar refractivity (Wildman–Crippen MR) is 94.7 cm³/mol. The van der Waals surface area contributed by atoms with Gasteiger partial charge in [-0.05, 0) is 18.2 Å².